The first-order valence-corrected chi connectivity index (χ1v) is 10.3. The van der Waals surface area contributed by atoms with E-state index in [9.17, 15) is 4.39 Å². The van der Waals surface area contributed by atoms with Crippen molar-refractivity contribution in [1.82, 2.24) is 20.3 Å². The second-order valence-corrected chi connectivity index (χ2v) is 8.23. The first-order chi connectivity index (χ1) is 13.7. The molecule has 5 nitrogen and oxygen atoms in total. The van der Waals surface area contributed by atoms with Crippen LogP contribution in [0.4, 0.5) is 10.3 Å². The second-order valence-electron chi connectivity index (χ2n) is 8.23. The number of anilines is 1. The van der Waals surface area contributed by atoms with E-state index in [1.807, 2.05) is 18.3 Å². The molecular weight excluding hydrogens is 353 g/mol. The second kappa shape index (κ2) is 7.17. The highest BCUT2D eigenvalue weighted by Gasteiger charge is 2.37. The van der Waals surface area contributed by atoms with E-state index in [0.717, 1.165) is 36.0 Å². The Kier molecular flexibility index (Phi) is 4.51. The van der Waals surface area contributed by atoms with Crippen LogP contribution in [0.5, 0.6) is 0 Å². The van der Waals surface area contributed by atoms with Crippen LogP contribution in [0.3, 0.4) is 0 Å². The van der Waals surface area contributed by atoms with Gasteiger partial charge in [0.05, 0.1) is 11.2 Å². The Hall–Kier alpha value is -2.47. The van der Waals surface area contributed by atoms with Gasteiger partial charge in [-0.1, -0.05) is 31.4 Å². The van der Waals surface area contributed by atoms with Gasteiger partial charge in [-0.25, -0.2) is 14.4 Å². The molecule has 1 saturated carbocycles. The zero-order chi connectivity index (χ0) is 19.0. The Morgan fingerprint density at radius 2 is 2.04 bits per heavy atom. The van der Waals surface area contributed by atoms with Crippen molar-refractivity contribution in [3.8, 4) is 11.3 Å². The minimum absolute atomic E-state index is 0.247. The van der Waals surface area contributed by atoms with Crippen LogP contribution in [0.2, 0.25) is 0 Å². The maximum absolute atomic E-state index is 14.0. The third kappa shape index (κ3) is 3.26. The van der Waals surface area contributed by atoms with Crippen molar-refractivity contribution in [1.29, 1.82) is 0 Å². The molecule has 1 unspecified atom stereocenters. The summed E-state index contributed by atoms with van der Waals surface area (Å²) in [6.07, 6.45) is 12.3. The molecule has 0 amide bonds. The summed E-state index contributed by atoms with van der Waals surface area (Å²) < 4.78 is 14.0. The highest BCUT2D eigenvalue weighted by atomic mass is 19.1. The molecule has 3 aromatic rings. The lowest BCUT2D eigenvalue weighted by Gasteiger charge is -2.44. The van der Waals surface area contributed by atoms with Crippen LogP contribution in [-0.4, -0.2) is 33.1 Å². The lowest BCUT2D eigenvalue weighted by Crippen LogP contribution is -2.55. The fourth-order valence-electron chi connectivity index (χ4n) is 4.98. The van der Waals surface area contributed by atoms with E-state index >= 15 is 0 Å². The molecule has 1 aliphatic carbocycles. The average molecular weight is 379 g/mol. The number of aromatic nitrogens is 3. The maximum Gasteiger partial charge on any atom is 0.223 e. The Morgan fingerprint density at radius 1 is 1.14 bits per heavy atom. The standard InChI is InChI=1S/C22H26FN5/c23-18-6-4-5-16-17(14-25-20(16)18)19-8-11-24-21(28-19)27-15-7-12-26-22(13-15)9-2-1-3-10-22/h4-6,8,11,14-15,25-26H,1-3,7,9-10,12-13H2,(H,24,27,28). The highest BCUT2D eigenvalue weighted by Crippen LogP contribution is 2.35. The minimum Gasteiger partial charge on any atom is -0.358 e. The molecule has 146 valence electrons. The molecule has 28 heavy (non-hydrogen) atoms. The first-order valence-electron chi connectivity index (χ1n) is 10.3. The fraction of sp³-hybridized carbons (Fsp3) is 0.455. The molecule has 1 aromatic carbocycles. The van der Waals surface area contributed by atoms with E-state index < -0.39 is 0 Å². The van der Waals surface area contributed by atoms with Crippen molar-refractivity contribution in [2.75, 3.05) is 11.9 Å². The normalized spacial score (nSPS) is 21.8. The molecule has 1 saturated heterocycles. The molecule has 2 aliphatic rings. The molecule has 3 heterocycles. The molecule has 2 aromatic heterocycles. The summed E-state index contributed by atoms with van der Waals surface area (Å²) in [6.45, 7) is 1.04. The van der Waals surface area contributed by atoms with Gasteiger partial charge in [0.2, 0.25) is 5.95 Å². The average Bonchev–Trinajstić information content (AvgIpc) is 3.14. The van der Waals surface area contributed by atoms with Gasteiger partial charge in [0.15, 0.2) is 0 Å². The molecule has 5 rings (SSSR count). The number of fused-ring (bicyclic) bond motifs is 1. The van der Waals surface area contributed by atoms with Crippen molar-refractivity contribution >= 4 is 16.9 Å². The van der Waals surface area contributed by atoms with Gasteiger partial charge in [-0.3, -0.25) is 0 Å². The van der Waals surface area contributed by atoms with Crippen molar-refractivity contribution in [3.63, 3.8) is 0 Å². The summed E-state index contributed by atoms with van der Waals surface area (Å²) in [7, 11) is 0. The van der Waals surface area contributed by atoms with Crippen LogP contribution in [0.15, 0.2) is 36.7 Å². The topological polar surface area (TPSA) is 65.6 Å². The first kappa shape index (κ1) is 17.6. The predicted molar refractivity (Wildman–Crippen MR) is 110 cm³/mol. The van der Waals surface area contributed by atoms with Crippen LogP contribution in [0, 0.1) is 5.82 Å². The number of H-pyrrole nitrogens is 1. The van der Waals surface area contributed by atoms with Gasteiger partial charge in [0.1, 0.15) is 5.82 Å². The van der Waals surface area contributed by atoms with Crippen molar-refractivity contribution in [2.45, 2.75) is 56.5 Å². The lowest BCUT2D eigenvalue weighted by atomic mass is 9.75. The Balaban J connectivity index is 1.38. The van der Waals surface area contributed by atoms with Crippen LogP contribution in [0.1, 0.15) is 44.9 Å². The molecule has 1 atom stereocenters. The van der Waals surface area contributed by atoms with Crippen LogP contribution < -0.4 is 10.6 Å². The smallest absolute Gasteiger partial charge is 0.223 e. The monoisotopic (exact) mass is 379 g/mol. The van der Waals surface area contributed by atoms with Crippen LogP contribution >= 0.6 is 0 Å². The largest absolute Gasteiger partial charge is 0.358 e. The SMILES string of the molecule is Fc1cccc2c(-c3ccnc(NC4CCNC5(CCCCC5)C4)n3)c[nH]c12. The zero-order valence-corrected chi connectivity index (χ0v) is 16.0. The van der Waals surface area contributed by atoms with E-state index in [1.54, 1.807) is 12.3 Å². The number of piperidine rings is 1. The maximum atomic E-state index is 14.0. The number of hydrogen-bond acceptors (Lipinski definition) is 4. The third-order valence-corrected chi connectivity index (χ3v) is 6.37. The van der Waals surface area contributed by atoms with E-state index in [2.05, 4.69) is 20.6 Å². The molecule has 1 aliphatic heterocycles. The lowest BCUT2D eigenvalue weighted by molar-refractivity contribution is 0.175. The summed E-state index contributed by atoms with van der Waals surface area (Å²) in [5.41, 5.74) is 2.51. The van der Waals surface area contributed by atoms with Gasteiger partial charge in [-0.05, 0) is 44.4 Å². The Morgan fingerprint density at radius 3 is 2.93 bits per heavy atom. The molecule has 6 heteroatoms. The van der Waals surface area contributed by atoms with Gasteiger partial charge < -0.3 is 15.6 Å². The highest BCUT2D eigenvalue weighted by molar-refractivity contribution is 5.94. The third-order valence-electron chi connectivity index (χ3n) is 6.37. The number of nitrogens with zero attached hydrogens (tertiary/aromatic N) is 2. The summed E-state index contributed by atoms with van der Waals surface area (Å²) >= 11 is 0. The van der Waals surface area contributed by atoms with Gasteiger partial charge in [-0.2, -0.15) is 0 Å². The summed E-state index contributed by atoms with van der Waals surface area (Å²) in [6, 6.07) is 7.37. The molecule has 0 bridgehead atoms. The number of para-hydroxylation sites is 1. The summed E-state index contributed by atoms with van der Waals surface area (Å²) in [5.74, 6) is 0.407. The van der Waals surface area contributed by atoms with Crippen LogP contribution in [-0.2, 0) is 0 Å². The van der Waals surface area contributed by atoms with Gasteiger partial charge in [0.25, 0.3) is 0 Å². The van der Waals surface area contributed by atoms with Crippen molar-refractivity contribution in [2.24, 2.45) is 0 Å². The summed E-state index contributed by atoms with van der Waals surface area (Å²) in [4.78, 5) is 12.2. The van der Waals surface area contributed by atoms with E-state index in [4.69, 9.17) is 4.98 Å². The van der Waals surface area contributed by atoms with Crippen molar-refractivity contribution < 1.29 is 4.39 Å². The number of rotatable bonds is 3. The van der Waals surface area contributed by atoms with Crippen LogP contribution in [0.25, 0.3) is 22.2 Å². The van der Waals surface area contributed by atoms with Gasteiger partial charge in [-0.15, -0.1) is 0 Å². The predicted octanol–water partition coefficient (Wildman–Crippen LogP) is 4.63. The summed E-state index contributed by atoms with van der Waals surface area (Å²) in [5, 5.41) is 8.20. The molecular formula is C22H26FN5. The fourth-order valence-corrected chi connectivity index (χ4v) is 4.98. The number of aromatic amines is 1. The van der Waals surface area contributed by atoms with Gasteiger partial charge >= 0.3 is 0 Å². The Bertz CT molecular complexity index is 970. The molecule has 2 fully saturated rings. The number of benzene rings is 1. The minimum atomic E-state index is -0.247. The molecule has 3 N–H and O–H groups in total. The van der Waals surface area contributed by atoms with Gasteiger partial charge in [0, 0.05) is 34.9 Å². The number of hydrogen-bond donors (Lipinski definition) is 3. The number of halogens is 1. The quantitative estimate of drug-likeness (QED) is 0.621. The zero-order valence-electron chi connectivity index (χ0n) is 16.0. The van der Waals surface area contributed by atoms with E-state index in [1.165, 1.54) is 38.2 Å². The molecule has 0 radical (unpaired) electrons. The molecule has 1 spiro atoms. The Labute approximate surface area is 164 Å². The number of nitrogens with one attached hydrogen (secondary N) is 3. The van der Waals surface area contributed by atoms with E-state index in [-0.39, 0.29) is 5.82 Å². The van der Waals surface area contributed by atoms with Crippen molar-refractivity contribution in [3.05, 3.63) is 42.5 Å². The van der Waals surface area contributed by atoms with E-state index in [0.29, 0.717) is 23.0 Å².